The van der Waals surface area contributed by atoms with Crippen LogP contribution in [0, 0.1) is 13.8 Å². The van der Waals surface area contributed by atoms with Crippen molar-refractivity contribution in [3.8, 4) is 11.5 Å². The molecule has 1 N–H and O–H groups in total. The van der Waals surface area contributed by atoms with Gasteiger partial charge in [0.2, 0.25) is 0 Å². The normalized spacial score (nSPS) is 10.3. The number of aryl methyl sites for hydroxylation is 1. The van der Waals surface area contributed by atoms with Crippen molar-refractivity contribution in [1.82, 2.24) is 0 Å². The van der Waals surface area contributed by atoms with Crippen LogP contribution >= 0.6 is 11.6 Å². The number of halogens is 1. The molecule has 0 unspecified atom stereocenters. The predicted octanol–water partition coefficient (Wildman–Crippen LogP) is 3.41. The van der Waals surface area contributed by atoms with Gasteiger partial charge in [0.05, 0.1) is 6.61 Å². The molecule has 0 saturated carbocycles. The maximum Gasteiger partial charge on any atom is 0.123 e. The number of ether oxygens (including phenoxy) is 1. The maximum absolute atomic E-state index is 9.58. The van der Waals surface area contributed by atoms with Crippen LogP contribution in [0.4, 0.5) is 0 Å². The van der Waals surface area contributed by atoms with E-state index in [9.17, 15) is 5.11 Å². The van der Waals surface area contributed by atoms with Crippen LogP contribution in [0.15, 0.2) is 12.1 Å². The van der Waals surface area contributed by atoms with Gasteiger partial charge in [0, 0.05) is 11.9 Å². The van der Waals surface area contributed by atoms with Crippen LogP contribution in [0.1, 0.15) is 24.0 Å². The number of unbranched alkanes of at least 4 members (excludes halogenated alkanes) is 1. The average molecular weight is 229 g/mol. The van der Waals surface area contributed by atoms with Crippen molar-refractivity contribution in [2.24, 2.45) is 0 Å². The van der Waals surface area contributed by atoms with Crippen molar-refractivity contribution >= 4 is 11.6 Å². The Bertz CT molecular complexity index is 300. The van der Waals surface area contributed by atoms with E-state index in [1.807, 2.05) is 19.9 Å². The van der Waals surface area contributed by atoms with Crippen LogP contribution in [0.5, 0.6) is 11.5 Å². The highest BCUT2D eigenvalue weighted by Gasteiger charge is 2.03. The Labute approximate surface area is 95.8 Å². The first-order valence-corrected chi connectivity index (χ1v) is 5.67. The number of rotatable bonds is 5. The third kappa shape index (κ3) is 3.63. The third-order valence-electron chi connectivity index (χ3n) is 2.41. The minimum atomic E-state index is 0.294. The van der Waals surface area contributed by atoms with Gasteiger partial charge < -0.3 is 9.84 Å². The van der Waals surface area contributed by atoms with Crippen molar-refractivity contribution in [2.45, 2.75) is 26.7 Å². The fourth-order valence-corrected chi connectivity index (χ4v) is 1.47. The summed E-state index contributed by atoms with van der Waals surface area (Å²) in [5.41, 5.74) is 1.95. The van der Waals surface area contributed by atoms with Crippen molar-refractivity contribution in [3.05, 3.63) is 23.3 Å². The molecule has 0 aromatic heterocycles. The number of benzene rings is 1. The predicted molar refractivity (Wildman–Crippen MR) is 63.0 cm³/mol. The van der Waals surface area contributed by atoms with E-state index in [0.29, 0.717) is 18.2 Å². The lowest BCUT2D eigenvalue weighted by atomic mass is 10.1. The minimum absolute atomic E-state index is 0.294. The van der Waals surface area contributed by atoms with E-state index in [1.165, 1.54) is 0 Å². The van der Waals surface area contributed by atoms with Gasteiger partial charge in [0.25, 0.3) is 0 Å². The second kappa shape index (κ2) is 5.86. The molecule has 1 aromatic carbocycles. The summed E-state index contributed by atoms with van der Waals surface area (Å²) in [5, 5.41) is 9.58. The lowest BCUT2D eigenvalue weighted by molar-refractivity contribution is 0.307. The Hall–Kier alpha value is -0.890. The van der Waals surface area contributed by atoms with E-state index in [-0.39, 0.29) is 0 Å². The first-order valence-electron chi connectivity index (χ1n) is 5.14. The standard InChI is InChI=1S/C12H17ClO2/c1-9-7-11(8-12(14)10(9)2)15-6-4-3-5-13/h7-8,14H,3-6H2,1-2H3. The summed E-state index contributed by atoms with van der Waals surface area (Å²) < 4.78 is 5.51. The van der Waals surface area contributed by atoms with Gasteiger partial charge in [-0.2, -0.15) is 0 Å². The Morgan fingerprint density at radius 1 is 1.27 bits per heavy atom. The quantitative estimate of drug-likeness (QED) is 0.618. The molecule has 0 bridgehead atoms. The third-order valence-corrected chi connectivity index (χ3v) is 2.68. The fraction of sp³-hybridized carbons (Fsp3) is 0.500. The van der Waals surface area contributed by atoms with Gasteiger partial charge in [-0.1, -0.05) is 0 Å². The van der Waals surface area contributed by atoms with Gasteiger partial charge in [-0.15, -0.1) is 11.6 Å². The Kier molecular flexibility index (Phi) is 4.76. The van der Waals surface area contributed by atoms with Crippen molar-refractivity contribution in [1.29, 1.82) is 0 Å². The van der Waals surface area contributed by atoms with Gasteiger partial charge >= 0.3 is 0 Å². The molecule has 15 heavy (non-hydrogen) atoms. The van der Waals surface area contributed by atoms with Crippen LogP contribution in [0.25, 0.3) is 0 Å². The number of phenolic OH excluding ortho intramolecular Hbond substituents is 1. The largest absolute Gasteiger partial charge is 0.508 e. The van der Waals surface area contributed by atoms with Gasteiger partial charge in [-0.3, -0.25) is 0 Å². The summed E-state index contributed by atoms with van der Waals surface area (Å²) >= 11 is 5.56. The molecule has 0 aliphatic heterocycles. The molecule has 0 aliphatic rings. The maximum atomic E-state index is 9.58. The molecule has 84 valence electrons. The number of phenols is 1. The molecular weight excluding hydrogens is 212 g/mol. The summed E-state index contributed by atoms with van der Waals surface area (Å²) in [7, 11) is 0. The lowest BCUT2D eigenvalue weighted by Gasteiger charge is -2.09. The van der Waals surface area contributed by atoms with E-state index in [2.05, 4.69) is 0 Å². The summed E-state index contributed by atoms with van der Waals surface area (Å²) in [5.74, 6) is 1.69. The van der Waals surface area contributed by atoms with E-state index in [4.69, 9.17) is 16.3 Å². The Morgan fingerprint density at radius 3 is 2.60 bits per heavy atom. The average Bonchev–Trinajstić information content (AvgIpc) is 2.21. The summed E-state index contributed by atoms with van der Waals surface area (Å²) in [6, 6.07) is 3.60. The highest BCUT2D eigenvalue weighted by Crippen LogP contribution is 2.26. The van der Waals surface area contributed by atoms with Gasteiger partial charge in [-0.05, 0) is 43.9 Å². The molecule has 0 spiro atoms. The Morgan fingerprint density at radius 2 is 2.00 bits per heavy atom. The molecule has 0 radical (unpaired) electrons. The van der Waals surface area contributed by atoms with Crippen LogP contribution < -0.4 is 4.74 Å². The molecule has 0 heterocycles. The van der Waals surface area contributed by atoms with Crippen LogP contribution in [-0.4, -0.2) is 17.6 Å². The number of hydrogen-bond donors (Lipinski definition) is 1. The van der Waals surface area contributed by atoms with Gasteiger partial charge in [0.15, 0.2) is 0 Å². The monoisotopic (exact) mass is 228 g/mol. The highest BCUT2D eigenvalue weighted by molar-refractivity contribution is 6.17. The zero-order valence-electron chi connectivity index (χ0n) is 9.22. The summed E-state index contributed by atoms with van der Waals surface area (Å²) in [4.78, 5) is 0. The molecule has 0 amide bonds. The molecular formula is C12H17ClO2. The molecule has 1 rings (SSSR count). The molecule has 2 nitrogen and oxygen atoms in total. The highest BCUT2D eigenvalue weighted by atomic mass is 35.5. The number of alkyl halides is 1. The first-order chi connectivity index (χ1) is 7.15. The summed E-state index contributed by atoms with van der Waals surface area (Å²) in [6.07, 6.45) is 1.90. The van der Waals surface area contributed by atoms with Crippen molar-refractivity contribution in [2.75, 3.05) is 12.5 Å². The van der Waals surface area contributed by atoms with Crippen LogP contribution in [-0.2, 0) is 0 Å². The topological polar surface area (TPSA) is 29.5 Å². The second-order valence-electron chi connectivity index (χ2n) is 3.63. The molecule has 0 aliphatic carbocycles. The second-order valence-corrected chi connectivity index (χ2v) is 4.01. The fourth-order valence-electron chi connectivity index (χ4n) is 1.28. The van der Waals surface area contributed by atoms with Crippen LogP contribution in [0.2, 0.25) is 0 Å². The Balaban J connectivity index is 2.55. The smallest absolute Gasteiger partial charge is 0.123 e. The SMILES string of the molecule is Cc1cc(OCCCCCl)cc(O)c1C. The van der Waals surface area contributed by atoms with E-state index < -0.39 is 0 Å². The number of aromatic hydroxyl groups is 1. The zero-order chi connectivity index (χ0) is 11.3. The summed E-state index contributed by atoms with van der Waals surface area (Å²) in [6.45, 7) is 4.50. The molecule has 0 saturated heterocycles. The molecule has 0 fully saturated rings. The number of hydrogen-bond acceptors (Lipinski definition) is 2. The zero-order valence-corrected chi connectivity index (χ0v) is 9.97. The van der Waals surface area contributed by atoms with Crippen molar-refractivity contribution in [3.63, 3.8) is 0 Å². The molecule has 0 atom stereocenters. The van der Waals surface area contributed by atoms with Crippen LogP contribution in [0.3, 0.4) is 0 Å². The van der Waals surface area contributed by atoms with E-state index in [1.54, 1.807) is 6.07 Å². The van der Waals surface area contributed by atoms with E-state index in [0.717, 1.165) is 29.7 Å². The van der Waals surface area contributed by atoms with Gasteiger partial charge in [0.1, 0.15) is 11.5 Å². The molecule has 3 heteroatoms. The molecule has 1 aromatic rings. The van der Waals surface area contributed by atoms with Crippen molar-refractivity contribution < 1.29 is 9.84 Å². The van der Waals surface area contributed by atoms with E-state index >= 15 is 0 Å². The lowest BCUT2D eigenvalue weighted by Crippen LogP contribution is -1.98. The minimum Gasteiger partial charge on any atom is -0.508 e. The van der Waals surface area contributed by atoms with Gasteiger partial charge in [-0.25, -0.2) is 0 Å². The first kappa shape index (κ1) is 12.2.